The molecule has 0 rings (SSSR count). The Morgan fingerprint density at radius 1 is 1.12 bits per heavy atom. The molecule has 0 aliphatic rings. The summed E-state index contributed by atoms with van der Waals surface area (Å²) in [6, 6.07) is 0. The van der Waals surface area contributed by atoms with Crippen LogP contribution in [0.5, 0.6) is 0 Å². The van der Waals surface area contributed by atoms with E-state index in [-0.39, 0.29) is 51.4 Å². The third kappa shape index (κ3) is 145. The van der Waals surface area contributed by atoms with Crippen molar-refractivity contribution < 1.29 is 22.6 Å². The summed E-state index contributed by atoms with van der Waals surface area (Å²) in [6.45, 7) is 0. The SMILES string of the molecule is CO.O=S(=O)(O)O.[KH]. The van der Waals surface area contributed by atoms with Gasteiger partial charge in [-0.1, -0.05) is 0 Å². The van der Waals surface area contributed by atoms with Gasteiger partial charge in [0.15, 0.2) is 0 Å². The average Bonchev–Trinajstić information content (AvgIpc) is 1.36. The zero-order valence-electron chi connectivity index (χ0n) is 3.57. The summed E-state index contributed by atoms with van der Waals surface area (Å²) < 4.78 is 31.6. The first-order chi connectivity index (χ1) is 3.00. The van der Waals surface area contributed by atoms with Crippen molar-refractivity contribution in [1.29, 1.82) is 0 Å². The molecule has 0 bridgehead atoms. The van der Waals surface area contributed by atoms with Crippen molar-refractivity contribution in [2.24, 2.45) is 0 Å². The minimum absolute atomic E-state index is 0. The molecule has 0 saturated heterocycles. The molecule has 0 aliphatic carbocycles. The van der Waals surface area contributed by atoms with Crippen LogP contribution < -0.4 is 0 Å². The monoisotopic (exact) mass is 170 g/mol. The Morgan fingerprint density at radius 2 is 1.12 bits per heavy atom. The van der Waals surface area contributed by atoms with Crippen molar-refractivity contribution in [3.05, 3.63) is 0 Å². The molecule has 0 fully saturated rings. The van der Waals surface area contributed by atoms with E-state index in [0.29, 0.717) is 0 Å². The number of aliphatic hydroxyl groups excluding tert-OH is 1. The molecule has 0 radical (unpaired) electrons. The van der Waals surface area contributed by atoms with Crippen LogP contribution in [0.15, 0.2) is 0 Å². The summed E-state index contributed by atoms with van der Waals surface area (Å²) in [6.07, 6.45) is 0. The van der Waals surface area contributed by atoms with E-state index in [1.165, 1.54) is 0 Å². The molecule has 0 aliphatic heterocycles. The van der Waals surface area contributed by atoms with Gasteiger partial charge in [-0.3, -0.25) is 9.11 Å². The molecule has 8 heavy (non-hydrogen) atoms. The summed E-state index contributed by atoms with van der Waals surface area (Å²) in [4.78, 5) is 0. The normalized spacial score (nSPS) is 8.00. The molecular weight excluding hydrogens is 163 g/mol. The van der Waals surface area contributed by atoms with Gasteiger partial charge in [-0.2, -0.15) is 8.42 Å². The minimum atomic E-state index is -4.67. The second-order valence-electron chi connectivity index (χ2n) is 0.448. The van der Waals surface area contributed by atoms with Crippen molar-refractivity contribution in [3.63, 3.8) is 0 Å². The van der Waals surface area contributed by atoms with Crippen LogP contribution in [0.3, 0.4) is 0 Å². The molecule has 0 aromatic heterocycles. The molecule has 0 unspecified atom stereocenters. The van der Waals surface area contributed by atoms with Crippen LogP contribution in [-0.4, -0.2) is 81.1 Å². The van der Waals surface area contributed by atoms with Gasteiger partial charge in [0.05, 0.1) is 0 Å². The molecule has 0 saturated carbocycles. The van der Waals surface area contributed by atoms with Crippen LogP contribution in [0.2, 0.25) is 0 Å². The molecule has 0 heterocycles. The van der Waals surface area contributed by atoms with E-state index in [1.807, 2.05) is 0 Å². The number of hydrogen-bond acceptors (Lipinski definition) is 3. The van der Waals surface area contributed by atoms with Crippen LogP contribution in [0, 0.1) is 0 Å². The first kappa shape index (κ1) is 16.2. The Morgan fingerprint density at radius 3 is 1.12 bits per heavy atom. The van der Waals surface area contributed by atoms with Gasteiger partial charge < -0.3 is 5.11 Å². The zero-order valence-corrected chi connectivity index (χ0v) is 4.38. The molecular formula is CH7KO5S. The summed E-state index contributed by atoms with van der Waals surface area (Å²) in [5.74, 6) is 0. The molecule has 3 N–H and O–H groups in total. The summed E-state index contributed by atoms with van der Waals surface area (Å²) in [7, 11) is -3.67. The molecule has 0 spiro atoms. The molecule has 5 nitrogen and oxygen atoms in total. The molecule has 0 aromatic carbocycles. The second-order valence-corrected chi connectivity index (χ2v) is 1.34. The van der Waals surface area contributed by atoms with Crippen molar-refractivity contribution in [2.75, 3.05) is 7.11 Å². The standard InChI is InChI=1S/CH4O.K.H2O4S.H/c1-2;;1-5(2,3)4;/h2H,1H3;;(H2,1,2,3,4);. The van der Waals surface area contributed by atoms with E-state index >= 15 is 0 Å². The van der Waals surface area contributed by atoms with Gasteiger partial charge in [-0.15, -0.1) is 0 Å². The predicted octanol–water partition coefficient (Wildman–Crippen LogP) is -1.69. The van der Waals surface area contributed by atoms with E-state index in [9.17, 15) is 0 Å². The van der Waals surface area contributed by atoms with E-state index in [1.54, 1.807) is 0 Å². The van der Waals surface area contributed by atoms with Gasteiger partial charge in [0.2, 0.25) is 0 Å². The number of rotatable bonds is 0. The quantitative estimate of drug-likeness (QED) is 0.298. The fourth-order valence-electron chi connectivity index (χ4n) is 0. The third-order valence-electron chi connectivity index (χ3n) is 0. The number of aliphatic hydroxyl groups is 1. The Balaban J connectivity index is -0.0000000750. The van der Waals surface area contributed by atoms with E-state index in [4.69, 9.17) is 22.6 Å². The Labute approximate surface area is 90.1 Å². The van der Waals surface area contributed by atoms with Crippen LogP contribution >= 0.6 is 0 Å². The topological polar surface area (TPSA) is 94.8 Å². The van der Waals surface area contributed by atoms with Crippen LogP contribution in [0.1, 0.15) is 0 Å². The second kappa shape index (κ2) is 8.47. The maximum atomic E-state index is 8.74. The predicted molar refractivity (Wildman–Crippen MR) is 29.5 cm³/mol. The molecule has 48 valence electrons. The van der Waals surface area contributed by atoms with Crippen LogP contribution in [-0.2, 0) is 10.4 Å². The van der Waals surface area contributed by atoms with E-state index in [0.717, 1.165) is 7.11 Å². The number of hydrogen-bond donors (Lipinski definition) is 3. The summed E-state index contributed by atoms with van der Waals surface area (Å²) in [5, 5.41) is 7.00. The Kier molecular flexibility index (Phi) is 17.2. The van der Waals surface area contributed by atoms with E-state index < -0.39 is 10.4 Å². The van der Waals surface area contributed by atoms with Crippen LogP contribution in [0.25, 0.3) is 0 Å². The third-order valence-corrected chi connectivity index (χ3v) is 0. The molecule has 0 atom stereocenters. The Hall–Kier alpha value is 1.47. The summed E-state index contributed by atoms with van der Waals surface area (Å²) in [5.41, 5.74) is 0. The van der Waals surface area contributed by atoms with Gasteiger partial charge in [0.1, 0.15) is 0 Å². The van der Waals surface area contributed by atoms with Crippen molar-refractivity contribution in [3.8, 4) is 0 Å². The molecule has 0 amide bonds. The van der Waals surface area contributed by atoms with Gasteiger partial charge >= 0.3 is 61.8 Å². The first-order valence-corrected chi connectivity index (χ1v) is 2.54. The fourth-order valence-corrected chi connectivity index (χ4v) is 0. The first-order valence-electron chi connectivity index (χ1n) is 1.15. The van der Waals surface area contributed by atoms with Gasteiger partial charge in [0, 0.05) is 7.11 Å². The van der Waals surface area contributed by atoms with Gasteiger partial charge in [-0.25, -0.2) is 0 Å². The van der Waals surface area contributed by atoms with Crippen molar-refractivity contribution >= 4 is 61.8 Å². The maximum absolute atomic E-state index is 8.74. The van der Waals surface area contributed by atoms with Crippen molar-refractivity contribution in [2.45, 2.75) is 0 Å². The Bertz CT molecular complexity index is 95.6. The van der Waals surface area contributed by atoms with E-state index in [2.05, 4.69) is 0 Å². The molecule has 0 aromatic rings. The summed E-state index contributed by atoms with van der Waals surface area (Å²) >= 11 is 0. The zero-order chi connectivity index (χ0) is 6.50. The van der Waals surface area contributed by atoms with Gasteiger partial charge in [-0.05, 0) is 0 Å². The molecule has 7 heteroatoms. The van der Waals surface area contributed by atoms with Gasteiger partial charge in [0.25, 0.3) is 0 Å². The van der Waals surface area contributed by atoms with Crippen LogP contribution in [0.4, 0.5) is 0 Å². The van der Waals surface area contributed by atoms with Crippen molar-refractivity contribution in [1.82, 2.24) is 0 Å². The average molecular weight is 170 g/mol. The fraction of sp³-hybridized carbons (Fsp3) is 1.00.